The van der Waals surface area contributed by atoms with Crippen LogP contribution in [0.25, 0.3) is 10.9 Å². The molecule has 3 rings (SSSR count). The number of nitrogens with zero attached hydrogens (tertiary/aromatic N) is 2. The van der Waals surface area contributed by atoms with Crippen molar-refractivity contribution in [3.63, 3.8) is 0 Å². The number of carbonyl (C=O) groups excluding carboxylic acids is 1. The largest absolute Gasteiger partial charge is 0.384 e. The van der Waals surface area contributed by atoms with Crippen molar-refractivity contribution in [3.05, 3.63) is 35.9 Å². The summed E-state index contributed by atoms with van der Waals surface area (Å²) in [6.45, 7) is 2.04. The number of nitrogens with one attached hydrogen (secondary N) is 1. The second-order valence-corrected chi connectivity index (χ2v) is 5.66. The predicted molar refractivity (Wildman–Crippen MR) is 84.1 cm³/mol. The molecule has 21 heavy (non-hydrogen) atoms. The number of rotatable bonds is 2. The maximum absolute atomic E-state index is 12.6. The molecule has 1 amide bonds. The molecular formula is C16H20N4O. The van der Waals surface area contributed by atoms with Crippen LogP contribution in [0.1, 0.15) is 23.2 Å². The van der Waals surface area contributed by atoms with Gasteiger partial charge in [0.2, 0.25) is 0 Å². The summed E-state index contributed by atoms with van der Waals surface area (Å²) >= 11 is 0. The number of amides is 1. The van der Waals surface area contributed by atoms with E-state index in [0.717, 1.165) is 36.8 Å². The van der Waals surface area contributed by atoms with Crippen LogP contribution in [0.2, 0.25) is 0 Å². The number of para-hydroxylation sites is 1. The molecular weight excluding hydrogens is 264 g/mol. The van der Waals surface area contributed by atoms with Crippen molar-refractivity contribution in [2.75, 3.05) is 25.9 Å². The van der Waals surface area contributed by atoms with E-state index in [9.17, 15) is 4.79 Å². The number of hydrogen-bond donors (Lipinski definition) is 2. The van der Waals surface area contributed by atoms with Crippen molar-refractivity contribution in [1.29, 1.82) is 0 Å². The SMILES string of the molecule is CN1CCC(NC(=O)c2cc(N)nc3ccccc23)CC1. The Hall–Kier alpha value is -2.14. The first-order valence-corrected chi connectivity index (χ1v) is 7.28. The molecule has 2 heterocycles. The number of nitrogens with two attached hydrogens (primary N) is 1. The lowest BCUT2D eigenvalue weighted by molar-refractivity contribution is 0.0918. The molecule has 2 aromatic rings. The molecule has 1 fully saturated rings. The number of fused-ring (bicyclic) bond motifs is 1. The van der Waals surface area contributed by atoms with E-state index in [4.69, 9.17) is 5.73 Å². The Balaban J connectivity index is 1.84. The summed E-state index contributed by atoms with van der Waals surface area (Å²) in [5.41, 5.74) is 7.18. The maximum atomic E-state index is 12.6. The molecule has 0 atom stereocenters. The molecule has 0 aliphatic carbocycles. The lowest BCUT2D eigenvalue weighted by Gasteiger charge is -2.29. The Morgan fingerprint density at radius 1 is 1.33 bits per heavy atom. The summed E-state index contributed by atoms with van der Waals surface area (Å²) in [6.07, 6.45) is 1.97. The van der Waals surface area contributed by atoms with E-state index in [-0.39, 0.29) is 11.9 Å². The number of anilines is 1. The third kappa shape index (κ3) is 2.97. The second kappa shape index (κ2) is 5.69. The Morgan fingerprint density at radius 3 is 2.81 bits per heavy atom. The molecule has 0 bridgehead atoms. The number of hydrogen-bond acceptors (Lipinski definition) is 4. The van der Waals surface area contributed by atoms with Gasteiger partial charge in [0.05, 0.1) is 11.1 Å². The van der Waals surface area contributed by atoms with Crippen LogP contribution in [-0.2, 0) is 0 Å². The highest BCUT2D eigenvalue weighted by atomic mass is 16.1. The lowest BCUT2D eigenvalue weighted by Crippen LogP contribution is -2.43. The fourth-order valence-corrected chi connectivity index (χ4v) is 2.80. The van der Waals surface area contributed by atoms with Gasteiger partial charge in [0.15, 0.2) is 0 Å². The van der Waals surface area contributed by atoms with Crippen LogP contribution < -0.4 is 11.1 Å². The number of carbonyl (C=O) groups is 1. The van der Waals surface area contributed by atoms with Crippen molar-refractivity contribution in [2.45, 2.75) is 18.9 Å². The highest BCUT2D eigenvalue weighted by Crippen LogP contribution is 2.20. The van der Waals surface area contributed by atoms with Gasteiger partial charge < -0.3 is 16.0 Å². The average Bonchev–Trinajstić information content (AvgIpc) is 2.48. The van der Waals surface area contributed by atoms with Gasteiger partial charge in [0.25, 0.3) is 5.91 Å². The van der Waals surface area contributed by atoms with Crippen LogP contribution >= 0.6 is 0 Å². The van der Waals surface area contributed by atoms with E-state index < -0.39 is 0 Å². The van der Waals surface area contributed by atoms with Crippen LogP contribution in [0.3, 0.4) is 0 Å². The van der Waals surface area contributed by atoms with Crippen molar-refractivity contribution < 1.29 is 4.79 Å². The van der Waals surface area contributed by atoms with Gasteiger partial charge in [-0.25, -0.2) is 4.98 Å². The highest BCUT2D eigenvalue weighted by molar-refractivity contribution is 6.07. The molecule has 5 nitrogen and oxygen atoms in total. The van der Waals surface area contributed by atoms with E-state index in [0.29, 0.717) is 11.4 Å². The van der Waals surface area contributed by atoms with Crippen LogP contribution in [0.5, 0.6) is 0 Å². The summed E-state index contributed by atoms with van der Waals surface area (Å²) in [5.74, 6) is 0.317. The minimum absolute atomic E-state index is 0.0603. The second-order valence-electron chi connectivity index (χ2n) is 5.66. The van der Waals surface area contributed by atoms with Crippen molar-refractivity contribution in [2.24, 2.45) is 0 Å². The Labute approximate surface area is 124 Å². The van der Waals surface area contributed by atoms with Gasteiger partial charge >= 0.3 is 0 Å². The average molecular weight is 284 g/mol. The molecule has 3 N–H and O–H groups in total. The molecule has 110 valence electrons. The zero-order chi connectivity index (χ0) is 14.8. The molecule has 0 spiro atoms. The maximum Gasteiger partial charge on any atom is 0.252 e. The van der Waals surface area contributed by atoms with Gasteiger partial charge in [0.1, 0.15) is 5.82 Å². The summed E-state index contributed by atoms with van der Waals surface area (Å²) in [6, 6.07) is 9.48. The summed E-state index contributed by atoms with van der Waals surface area (Å²) in [5, 5.41) is 3.97. The lowest BCUT2D eigenvalue weighted by atomic mass is 10.0. The highest BCUT2D eigenvalue weighted by Gasteiger charge is 2.20. The first kappa shape index (κ1) is 13.8. The van der Waals surface area contributed by atoms with Crippen LogP contribution in [0, 0.1) is 0 Å². The third-order valence-corrected chi connectivity index (χ3v) is 4.03. The zero-order valence-corrected chi connectivity index (χ0v) is 12.2. The smallest absolute Gasteiger partial charge is 0.252 e. The van der Waals surface area contributed by atoms with Gasteiger partial charge in [-0.2, -0.15) is 0 Å². The summed E-state index contributed by atoms with van der Waals surface area (Å²) in [7, 11) is 2.11. The minimum atomic E-state index is -0.0603. The molecule has 0 saturated carbocycles. The molecule has 1 saturated heterocycles. The standard InChI is InChI=1S/C16H20N4O/c1-20-8-6-11(7-9-20)18-16(21)13-10-15(17)19-14-5-3-2-4-12(13)14/h2-5,10-11H,6-9H2,1H3,(H2,17,19)(H,18,21). The number of likely N-dealkylation sites (tertiary alicyclic amines) is 1. The number of nitrogen functional groups attached to an aromatic ring is 1. The van der Waals surface area contributed by atoms with E-state index in [1.807, 2.05) is 24.3 Å². The van der Waals surface area contributed by atoms with Crippen molar-refractivity contribution in [3.8, 4) is 0 Å². The number of pyridine rings is 1. The van der Waals surface area contributed by atoms with Gasteiger partial charge in [-0.15, -0.1) is 0 Å². The Morgan fingerprint density at radius 2 is 2.05 bits per heavy atom. The monoisotopic (exact) mass is 284 g/mol. The molecule has 5 heteroatoms. The molecule has 0 radical (unpaired) electrons. The fraction of sp³-hybridized carbons (Fsp3) is 0.375. The van der Waals surface area contributed by atoms with Crippen LogP contribution in [0.15, 0.2) is 30.3 Å². The third-order valence-electron chi connectivity index (χ3n) is 4.03. The topological polar surface area (TPSA) is 71.2 Å². The molecule has 1 aliphatic heterocycles. The summed E-state index contributed by atoms with van der Waals surface area (Å²) < 4.78 is 0. The predicted octanol–water partition coefficient (Wildman–Crippen LogP) is 1.64. The molecule has 1 aliphatic rings. The first-order valence-electron chi connectivity index (χ1n) is 7.28. The van der Waals surface area contributed by atoms with Gasteiger partial charge in [-0.1, -0.05) is 18.2 Å². The zero-order valence-electron chi connectivity index (χ0n) is 12.2. The number of piperidine rings is 1. The van der Waals surface area contributed by atoms with Crippen molar-refractivity contribution >= 4 is 22.6 Å². The molecule has 1 aromatic heterocycles. The molecule has 1 aromatic carbocycles. The normalized spacial score (nSPS) is 17.0. The number of aromatic nitrogens is 1. The van der Waals surface area contributed by atoms with E-state index >= 15 is 0 Å². The number of benzene rings is 1. The fourth-order valence-electron chi connectivity index (χ4n) is 2.80. The van der Waals surface area contributed by atoms with Crippen LogP contribution in [-0.4, -0.2) is 42.0 Å². The van der Waals surface area contributed by atoms with E-state index in [1.54, 1.807) is 6.07 Å². The summed E-state index contributed by atoms with van der Waals surface area (Å²) in [4.78, 5) is 19.1. The van der Waals surface area contributed by atoms with Crippen LogP contribution in [0.4, 0.5) is 5.82 Å². The quantitative estimate of drug-likeness (QED) is 0.879. The Bertz CT molecular complexity index is 662. The molecule has 0 unspecified atom stereocenters. The van der Waals surface area contributed by atoms with Gasteiger partial charge in [-0.3, -0.25) is 4.79 Å². The Kier molecular flexibility index (Phi) is 3.75. The van der Waals surface area contributed by atoms with E-state index in [2.05, 4.69) is 22.2 Å². The minimum Gasteiger partial charge on any atom is -0.384 e. The van der Waals surface area contributed by atoms with Gasteiger partial charge in [0, 0.05) is 11.4 Å². The van der Waals surface area contributed by atoms with Gasteiger partial charge in [-0.05, 0) is 45.1 Å². The van der Waals surface area contributed by atoms with Crippen molar-refractivity contribution in [1.82, 2.24) is 15.2 Å². The first-order chi connectivity index (χ1) is 10.1. The van der Waals surface area contributed by atoms with E-state index in [1.165, 1.54) is 0 Å².